The van der Waals surface area contributed by atoms with Gasteiger partial charge in [0.25, 0.3) is 0 Å². The largest absolute Gasteiger partial charge is 0.505 e. The second-order valence-electron chi connectivity index (χ2n) is 5.72. The van der Waals surface area contributed by atoms with Gasteiger partial charge in [-0.3, -0.25) is 4.90 Å². The van der Waals surface area contributed by atoms with Crippen LogP contribution in [0.15, 0.2) is 30.3 Å². The summed E-state index contributed by atoms with van der Waals surface area (Å²) in [5.41, 5.74) is 3.10. The van der Waals surface area contributed by atoms with Gasteiger partial charge in [-0.05, 0) is 44.4 Å². The molecule has 3 rings (SSSR count). The second-order valence-corrected chi connectivity index (χ2v) is 5.72. The lowest BCUT2D eigenvalue weighted by Gasteiger charge is -2.12. The van der Waals surface area contributed by atoms with Gasteiger partial charge in [0.15, 0.2) is 0 Å². The summed E-state index contributed by atoms with van der Waals surface area (Å²) in [6.45, 7) is 1.76. The zero-order chi connectivity index (χ0) is 15.7. The van der Waals surface area contributed by atoms with Gasteiger partial charge in [-0.1, -0.05) is 0 Å². The van der Waals surface area contributed by atoms with Gasteiger partial charge in [0.1, 0.15) is 17.3 Å². The number of likely N-dealkylation sites (N-methyl/N-ethyl adjacent to an activating group) is 2. The van der Waals surface area contributed by atoms with Crippen molar-refractivity contribution in [3.8, 4) is 17.0 Å². The van der Waals surface area contributed by atoms with Crippen molar-refractivity contribution in [1.29, 1.82) is 0 Å². The van der Waals surface area contributed by atoms with Gasteiger partial charge in [0.2, 0.25) is 0 Å². The first-order chi connectivity index (χ1) is 10.6. The van der Waals surface area contributed by atoms with Crippen LogP contribution in [0, 0.1) is 5.82 Å². The van der Waals surface area contributed by atoms with E-state index in [0.717, 1.165) is 36.3 Å². The van der Waals surface area contributed by atoms with Crippen LogP contribution < -0.4 is 5.32 Å². The van der Waals surface area contributed by atoms with Gasteiger partial charge in [-0.2, -0.15) is 0 Å². The van der Waals surface area contributed by atoms with Gasteiger partial charge in [-0.15, -0.1) is 0 Å². The van der Waals surface area contributed by atoms with E-state index < -0.39 is 0 Å². The fourth-order valence-corrected chi connectivity index (χ4v) is 2.62. The molecule has 0 aliphatic carbocycles. The molecule has 0 spiro atoms. The molecule has 116 valence electrons. The summed E-state index contributed by atoms with van der Waals surface area (Å²) in [6, 6.07) is 8.31. The lowest BCUT2D eigenvalue weighted by Crippen LogP contribution is -2.12. The van der Waals surface area contributed by atoms with E-state index in [-0.39, 0.29) is 17.6 Å². The topological polar surface area (TPSA) is 48.2 Å². The Kier molecular flexibility index (Phi) is 4.09. The number of rotatable bonds is 5. The third-order valence-electron chi connectivity index (χ3n) is 4.04. The summed E-state index contributed by atoms with van der Waals surface area (Å²) in [5.74, 6) is -0.0918. The van der Waals surface area contributed by atoms with E-state index in [0.29, 0.717) is 5.69 Å². The average molecular weight is 301 g/mol. The Balaban J connectivity index is 2.04. The van der Waals surface area contributed by atoms with E-state index in [1.165, 1.54) is 12.1 Å². The van der Waals surface area contributed by atoms with E-state index in [1.54, 1.807) is 12.1 Å². The molecule has 2 aromatic rings. The van der Waals surface area contributed by atoms with Crippen LogP contribution in [-0.2, 0) is 6.42 Å². The number of aromatic hydroxyl groups is 1. The summed E-state index contributed by atoms with van der Waals surface area (Å²) >= 11 is 0. The molecule has 2 unspecified atom stereocenters. The molecular weight excluding hydrogens is 281 g/mol. The van der Waals surface area contributed by atoms with Crippen LogP contribution in [-0.4, -0.2) is 42.2 Å². The van der Waals surface area contributed by atoms with Crippen molar-refractivity contribution in [3.05, 3.63) is 47.4 Å². The highest BCUT2D eigenvalue weighted by Crippen LogP contribution is 2.42. The minimum absolute atomic E-state index is 0.203. The number of hydrogen-bond acceptors (Lipinski definition) is 4. The molecule has 0 radical (unpaired) electrons. The van der Waals surface area contributed by atoms with Crippen molar-refractivity contribution in [2.24, 2.45) is 0 Å². The lowest BCUT2D eigenvalue weighted by molar-refractivity contribution is 0.462. The van der Waals surface area contributed by atoms with Crippen molar-refractivity contribution in [3.63, 3.8) is 0 Å². The smallest absolute Gasteiger partial charge is 0.146 e. The molecular formula is C17H20FN3O. The molecule has 5 heteroatoms. The fraction of sp³-hybridized carbons (Fsp3) is 0.353. The van der Waals surface area contributed by atoms with Crippen LogP contribution in [0.3, 0.4) is 0 Å². The number of hydrogen-bond donors (Lipinski definition) is 2. The van der Waals surface area contributed by atoms with Crippen molar-refractivity contribution < 1.29 is 9.50 Å². The third-order valence-corrected chi connectivity index (χ3v) is 4.04. The predicted octanol–water partition coefficient (Wildman–Crippen LogP) is 2.34. The summed E-state index contributed by atoms with van der Waals surface area (Å²) in [4.78, 5) is 6.73. The monoisotopic (exact) mass is 301 g/mol. The molecule has 2 atom stereocenters. The number of nitrogens with one attached hydrogen (secondary N) is 1. The SMILES string of the molecule is CNCCc1cc(C2CN2C)c(O)c(-c2ccc(F)cc2)n1. The number of pyridine rings is 1. The van der Waals surface area contributed by atoms with Crippen LogP contribution in [0.5, 0.6) is 5.75 Å². The molecule has 0 bridgehead atoms. The van der Waals surface area contributed by atoms with E-state index in [1.807, 2.05) is 20.2 Å². The summed E-state index contributed by atoms with van der Waals surface area (Å²) in [6.07, 6.45) is 0.786. The molecule has 2 N–H and O–H groups in total. The van der Waals surface area contributed by atoms with Crippen LogP contribution in [0.25, 0.3) is 11.3 Å². The van der Waals surface area contributed by atoms with Crippen molar-refractivity contribution in [2.45, 2.75) is 12.5 Å². The average Bonchev–Trinajstić information content (AvgIpc) is 3.24. The molecule has 4 nitrogen and oxygen atoms in total. The predicted molar refractivity (Wildman–Crippen MR) is 84.3 cm³/mol. The molecule has 1 fully saturated rings. The normalized spacial score (nSPS) is 20.1. The minimum atomic E-state index is -0.295. The molecule has 1 aromatic carbocycles. The fourth-order valence-electron chi connectivity index (χ4n) is 2.62. The molecule has 1 aliphatic rings. The summed E-state index contributed by atoms with van der Waals surface area (Å²) in [5, 5.41) is 13.7. The highest BCUT2D eigenvalue weighted by atomic mass is 19.1. The molecule has 0 saturated carbocycles. The molecule has 1 saturated heterocycles. The Morgan fingerprint density at radius 1 is 1.36 bits per heavy atom. The number of benzene rings is 1. The van der Waals surface area contributed by atoms with Gasteiger partial charge in [0.05, 0.1) is 6.04 Å². The molecule has 2 heterocycles. The van der Waals surface area contributed by atoms with Gasteiger partial charge >= 0.3 is 0 Å². The maximum atomic E-state index is 13.1. The second kappa shape index (κ2) is 6.02. The van der Waals surface area contributed by atoms with Gasteiger partial charge in [0, 0.05) is 36.3 Å². The van der Waals surface area contributed by atoms with E-state index in [9.17, 15) is 9.50 Å². The zero-order valence-electron chi connectivity index (χ0n) is 12.8. The maximum Gasteiger partial charge on any atom is 0.146 e. The van der Waals surface area contributed by atoms with Crippen molar-refractivity contribution in [1.82, 2.24) is 15.2 Å². The van der Waals surface area contributed by atoms with Crippen LogP contribution in [0.2, 0.25) is 0 Å². The van der Waals surface area contributed by atoms with Gasteiger partial charge in [-0.25, -0.2) is 9.37 Å². The van der Waals surface area contributed by atoms with Crippen LogP contribution in [0.4, 0.5) is 4.39 Å². The van der Waals surface area contributed by atoms with Crippen LogP contribution >= 0.6 is 0 Å². The van der Waals surface area contributed by atoms with Crippen LogP contribution in [0.1, 0.15) is 17.3 Å². The maximum absolute atomic E-state index is 13.1. The highest BCUT2D eigenvalue weighted by molar-refractivity contribution is 5.68. The molecule has 22 heavy (non-hydrogen) atoms. The first-order valence-electron chi connectivity index (χ1n) is 7.43. The number of halogens is 1. The van der Waals surface area contributed by atoms with Gasteiger partial charge < -0.3 is 10.4 Å². The Labute approximate surface area is 129 Å². The highest BCUT2D eigenvalue weighted by Gasteiger charge is 2.34. The first-order valence-corrected chi connectivity index (χ1v) is 7.43. The Morgan fingerprint density at radius 3 is 2.64 bits per heavy atom. The molecule has 1 aliphatic heterocycles. The Hall–Kier alpha value is -1.98. The first kappa shape index (κ1) is 14.9. The van der Waals surface area contributed by atoms with Crippen molar-refractivity contribution >= 4 is 0 Å². The quantitative estimate of drug-likeness (QED) is 0.832. The third kappa shape index (κ3) is 2.96. The van der Waals surface area contributed by atoms with E-state index in [2.05, 4.69) is 15.2 Å². The minimum Gasteiger partial charge on any atom is -0.505 e. The zero-order valence-corrected chi connectivity index (χ0v) is 12.8. The molecule has 0 amide bonds. The number of aromatic nitrogens is 1. The number of nitrogens with zero attached hydrogens (tertiary/aromatic N) is 2. The Morgan fingerprint density at radius 2 is 2.05 bits per heavy atom. The van der Waals surface area contributed by atoms with E-state index >= 15 is 0 Å². The Bertz CT molecular complexity index is 672. The molecule has 1 aromatic heterocycles. The summed E-state index contributed by atoms with van der Waals surface area (Å²) < 4.78 is 13.1. The lowest BCUT2D eigenvalue weighted by atomic mass is 10.0. The summed E-state index contributed by atoms with van der Waals surface area (Å²) in [7, 11) is 3.92. The van der Waals surface area contributed by atoms with Crippen molar-refractivity contribution in [2.75, 3.05) is 27.2 Å². The standard InChI is InChI=1S/C17H20FN3O/c1-19-8-7-13-9-14(15-10-21(15)2)17(22)16(20-13)11-3-5-12(18)6-4-11/h3-6,9,15,19,22H,7-8,10H2,1-2H3. The van der Waals surface area contributed by atoms with E-state index in [4.69, 9.17) is 0 Å².